The van der Waals surface area contributed by atoms with Crippen LogP contribution in [-0.4, -0.2) is 47.1 Å². The first-order chi connectivity index (χ1) is 10.7. The van der Waals surface area contributed by atoms with E-state index in [1.807, 2.05) is 25.7 Å². The Labute approximate surface area is 139 Å². The van der Waals surface area contributed by atoms with Gasteiger partial charge in [-0.05, 0) is 25.7 Å². The molecule has 5 heteroatoms. The quantitative estimate of drug-likeness (QED) is 0.835. The second kappa shape index (κ2) is 7.20. The molecule has 1 aliphatic carbocycles. The second-order valence-corrected chi connectivity index (χ2v) is 8.34. The Morgan fingerprint density at radius 3 is 2.43 bits per heavy atom. The Balaban J connectivity index is 1.85. The summed E-state index contributed by atoms with van der Waals surface area (Å²) >= 11 is 0. The van der Waals surface area contributed by atoms with Crippen LogP contribution in [0.25, 0.3) is 0 Å². The van der Waals surface area contributed by atoms with Crippen LogP contribution in [0.5, 0.6) is 0 Å². The van der Waals surface area contributed by atoms with Gasteiger partial charge < -0.3 is 15.3 Å². The molecule has 1 unspecified atom stereocenters. The second-order valence-electron chi connectivity index (χ2n) is 8.34. The van der Waals surface area contributed by atoms with Crippen molar-refractivity contribution in [2.45, 2.75) is 71.3 Å². The summed E-state index contributed by atoms with van der Waals surface area (Å²) in [6.45, 7) is 7.33. The van der Waals surface area contributed by atoms with Gasteiger partial charge in [-0.2, -0.15) is 0 Å². The van der Waals surface area contributed by atoms with Crippen molar-refractivity contribution < 1.29 is 14.7 Å². The van der Waals surface area contributed by atoms with E-state index in [9.17, 15) is 14.7 Å². The minimum atomic E-state index is -0.733. The molecular weight excluding hydrogens is 292 g/mol. The summed E-state index contributed by atoms with van der Waals surface area (Å²) < 4.78 is 0. The fourth-order valence-electron chi connectivity index (χ4n) is 3.63. The largest absolute Gasteiger partial charge is 0.388 e. The van der Waals surface area contributed by atoms with Crippen molar-refractivity contribution in [2.24, 2.45) is 11.3 Å². The third-order valence-electron chi connectivity index (χ3n) is 5.10. The van der Waals surface area contributed by atoms with Crippen LogP contribution in [-0.2, 0) is 9.59 Å². The van der Waals surface area contributed by atoms with E-state index >= 15 is 0 Å². The van der Waals surface area contributed by atoms with Crippen LogP contribution in [0.3, 0.4) is 0 Å². The molecule has 5 nitrogen and oxygen atoms in total. The zero-order valence-corrected chi connectivity index (χ0v) is 14.9. The monoisotopic (exact) mass is 324 g/mol. The van der Waals surface area contributed by atoms with Crippen molar-refractivity contribution in [3.05, 3.63) is 0 Å². The Morgan fingerprint density at radius 1 is 1.17 bits per heavy atom. The van der Waals surface area contributed by atoms with Gasteiger partial charge in [0.25, 0.3) is 0 Å². The maximum atomic E-state index is 12.4. The zero-order chi connectivity index (χ0) is 17.1. The Hall–Kier alpha value is -1.10. The van der Waals surface area contributed by atoms with E-state index in [-0.39, 0.29) is 17.7 Å². The summed E-state index contributed by atoms with van der Waals surface area (Å²) in [6, 6.07) is 0. The van der Waals surface area contributed by atoms with E-state index in [0.29, 0.717) is 13.1 Å². The Kier molecular flexibility index (Phi) is 5.71. The van der Waals surface area contributed by atoms with Gasteiger partial charge in [0, 0.05) is 25.0 Å². The highest BCUT2D eigenvalue weighted by Crippen LogP contribution is 2.28. The molecule has 23 heavy (non-hydrogen) atoms. The first-order valence-corrected chi connectivity index (χ1v) is 9.01. The van der Waals surface area contributed by atoms with E-state index in [4.69, 9.17) is 0 Å². The normalized spacial score (nSPS) is 25.0. The molecule has 0 radical (unpaired) electrons. The minimum Gasteiger partial charge on any atom is -0.388 e. The van der Waals surface area contributed by atoms with E-state index < -0.39 is 11.0 Å². The maximum Gasteiger partial charge on any atom is 0.227 e. The molecule has 0 bridgehead atoms. The van der Waals surface area contributed by atoms with Crippen LogP contribution in [0.4, 0.5) is 0 Å². The van der Waals surface area contributed by atoms with Gasteiger partial charge in [-0.3, -0.25) is 9.59 Å². The fraction of sp³-hybridized carbons (Fsp3) is 0.889. The van der Waals surface area contributed by atoms with Gasteiger partial charge in [0.05, 0.1) is 11.5 Å². The van der Waals surface area contributed by atoms with Crippen molar-refractivity contribution >= 4 is 11.8 Å². The lowest BCUT2D eigenvalue weighted by atomic mass is 9.84. The lowest BCUT2D eigenvalue weighted by molar-refractivity contribution is -0.143. The number of carbonyl (C=O) groups excluding carboxylic acids is 2. The number of rotatable bonds is 3. The summed E-state index contributed by atoms with van der Waals surface area (Å²) in [4.78, 5) is 26.7. The van der Waals surface area contributed by atoms with Crippen LogP contribution in [0.1, 0.15) is 65.7 Å². The Morgan fingerprint density at radius 2 is 1.83 bits per heavy atom. The molecule has 2 amide bonds. The average Bonchev–Trinajstić information content (AvgIpc) is 2.52. The number of aliphatic hydroxyl groups is 1. The van der Waals surface area contributed by atoms with Gasteiger partial charge in [-0.25, -0.2) is 0 Å². The average molecular weight is 324 g/mol. The minimum absolute atomic E-state index is 0.0181. The molecule has 2 rings (SSSR count). The van der Waals surface area contributed by atoms with E-state index in [0.717, 1.165) is 45.1 Å². The van der Waals surface area contributed by atoms with Crippen LogP contribution in [0.2, 0.25) is 0 Å². The molecule has 2 aliphatic rings. The van der Waals surface area contributed by atoms with Crippen LogP contribution in [0.15, 0.2) is 0 Å². The highest BCUT2D eigenvalue weighted by molar-refractivity contribution is 5.83. The van der Waals surface area contributed by atoms with Crippen molar-refractivity contribution in [1.82, 2.24) is 10.2 Å². The van der Waals surface area contributed by atoms with Crippen LogP contribution < -0.4 is 5.32 Å². The number of amides is 2. The standard InChI is InChI=1S/C18H32N2O3/c1-17(2,3)16(22)20-11-7-8-14(12-20)15(21)19-13-18(23)9-5-4-6-10-18/h14,23H,4-13H2,1-3H3,(H,19,21). The molecule has 2 N–H and O–H groups in total. The Bertz CT molecular complexity index is 436. The highest BCUT2D eigenvalue weighted by Gasteiger charge is 2.35. The molecule has 1 saturated carbocycles. The smallest absolute Gasteiger partial charge is 0.227 e. The van der Waals surface area contributed by atoms with Crippen molar-refractivity contribution in [2.75, 3.05) is 19.6 Å². The third-order valence-corrected chi connectivity index (χ3v) is 5.10. The van der Waals surface area contributed by atoms with Crippen molar-refractivity contribution in [3.63, 3.8) is 0 Å². The predicted octanol–water partition coefficient (Wildman–Crippen LogP) is 2.08. The third kappa shape index (κ3) is 4.93. The molecule has 1 aliphatic heterocycles. The van der Waals surface area contributed by atoms with Gasteiger partial charge in [0.1, 0.15) is 0 Å². The summed E-state index contributed by atoms with van der Waals surface area (Å²) in [5.74, 6) is -0.0569. The lowest BCUT2D eigenvalue weighted by Crippen LogP contribution is -2.51. The molecule has 0 spiro atoms. The number of nitrogens with one attached hydrogen (secondary N) is 1. The summed E-state index contributed by atoms with van der Waals surface area (Å²) in [5.41, 5.74) is -1.14. The summed E-state index contributed by atoms with van der Waals surface area (Å²) in [7, 11) is 0. The number of hydrogen-bond acceptors (Lipinski definition) is 3. The van der Waals surface area contributed by atoms with Gasteiger partial charge in [-0.15, -0.1) is 0 Å². The van der Waals surface area contributed by atoms with Gasteiger partial charge >= 0.3 is 0 Å². The topological polar surface area (TPSA) is 69.6 Å². The molecule has 1 heterocycles. The first-order valence-electron chi connectivity index (χ1n) is 9.01. The SMILES string of the molecule is CC(C)(C)C(=O)N1CCCC(C(=O)NCC2(O)CCCCC2)C1. The zero-order valence-electron chi connectivity index (χ0n) is 14.9. The molecular formula is C18H32N2O3. The molecule has 1 saturated heterocycles. The molecule has 0 aromatic rings. The number of carbonyl (C=O) groups is 2. The number of piperidine rings is 1. The van der Waals surface area contributed by atoms with E-state index in [1.54, 1.807) is 0 Å². The fourth-order valence-corrected chi connectivity index (χ4v) is 3.63. The van der Waals surface area contributed by atoms with E-state index in [1.165, 1.54) is 6.42 Å². The highest BCUT2D eigenvalue weighted by atomic mass is 16.3. The molecule has 2 fully saturated rings. The molecule has 1 atom stereocenters. The lowest BCUT2D eigenvalue weighted by Gasteiger charge is -2.37. The molecule has 0 aromatic carbocycles. The van der Waals surface area contributed by atoms with Gasteiger partial charge in [0.2, 0.25) is 11.8 Å². The van der Waals surface area contributed by atoms with Gasteiger partial charge in [-0.1, -0.05) is 40.0 Å². The predicted molar refractivity (Wildman–Crippen MR) is 89.8 cm³/mol. The van der Waals surface area contributed by atoms with Crippen molar-refractivity contribution in [1.29, 1.82) is 0 Å². The molecule has 0 aromatic heterocycles. The number of nitrogens with zero attached hydrogens (tertiary/aromatic N) is 1. The molecule has 132 valence electrons. The van der Waals surface area contributed by atoms with Gasteiger partial charge in [0.15, 0.2) is 0 Å². The number of likely N-dealkylation sites (tertiary alicyclic amines) is 1. The van der Waals surface area contributed by atoms with Crippen LogP contribution >= 0.6 is 0 Å². The first kappa shape index (κ1) is 18.2. The summed E-state index contributed by atoms with van der Waals surface area (Å²) in [6.07, 6.45) is 6.46. The van der Waals surface area contributed by atoms with E-state index in [2.05, 4.69) is 5.32 Å². The van der Waals surface area contributed by atoms with Crippen LogP contribution in [0, 0.1) is 11.3 Å². The maximum absolute atomic E-state index is 12.4. The van der Waals surface area contributed by atoms with Crippen molar-refractivity contribution in [3.8, 4) is 0 Å². The summed E-state index contributed by atoms with van der Waals surface area (Å²) in [5, 5.41) is 13.4. The number of hydrogen-bond donors (Lipinski definition) is 2.